The summed E-state index contributed by atoms with van der Waals surface area (Å²) < 4.78 is 3.96. The monoisotopic (exact) mass is 371 g/mol. The maximum Gasteiger partial charge on any atom is 0.0741 e. The molecule has 0 aliphatic heterocycles. The van der Waals surface area contributed by atoms with E-state index in [1.807, 2.05) is 28.9 Å². The van der Waals surface area contributed by atoms with Crippen molar-refractivity contribution >= 4 is 31.9 Å². The highest BCUT2D eigenvalue weighted by atomic mass is 79.9. The van der Waals surface area contributed by atoms with Crippen LogP contribution in [0.25, 0.3) is 0 Å². The van der Waals surface area contributed by atoms with E-state index in [1.54, 1.807) is 6.20 Å². The third-order valence-electron chi connectivity index (χ3n) is 2.80. The predicted octanol–water partition coefficient (Wildman–Crippen LogP) is 4.04. The molecule has 0 fully saturated rings. The lowest BCUT2D eigenvalue weighted by Crippen LogP contribution is -2.19. The first kappa shape index (κ1) is 13.8. The molecule has 0 saturated heterocycles. The molecule has 2 rings (SSSR count). The van der Waals surface area contributed by atoms with Crippen LogP contribution in [-0.2, 0) is 0 Å². The smallest absolute Gasteiger partial charge is 0.0741 e. The maximum absolute atomic E-state index is 6.34. The van der Waals surface area contributed by atoms with Crippen molar-refractivity contribution in [1.29, 1.82) is 0 Å². The van der Waals surface area contributed by atoms with Gasteiger partial charge in [0, 0.05) is 10.5 Å². The van der Waals surface area contributed by atoms with E-state index in [1.165, 1.54) is 0 Å². The number of hydrogen-bond acceptors (Lipinski definition) is 2. The van der Waals surface area contributed by atoms with E-state index in [9.17, 15) is 0 Å². The van der Waals surface area contributed by atoms with Crippen molar-refractivity contribution in [3.8, 4) is 0 Å². The Morgan fingerprint density at radius 2 is 1.78 bits per heavy atom. The zero-order valence-corrected chi connectivity index (χ0v) is 13.4. The SMILES string of the molecule is CC(C)n1ncc(Br)c1C(N)c1ccc(Br)cc1. The summed E-state index contributed by atoms with van der Waals surface area (Å²) in [4.78, 5) is 0. The second-order valence-electron chi connectivity index (χ2n) is 4.45. The fraction of sp³-hybridized carbons (Fsp3) is 0.308. The van der Waals surface area contributed by atoms with Gasteiger partial charge in [-0.25, -0.2) is 0 Å². The lowest BCUT2D eigenvalue weighted by molar-refractivity contribution is 0.498. The van der Waals surface area contributed by atoms with Gasteiger partial charge in [0.1, 0.15) is 0 Å². The number of rotatable bonds is 3. The molecule has 1 unspecified atom stereocenters. The van der Waals surface area contributed by atoms with Crippen LogP contribution in [0.2, 0.25) is 0 Å². The molecule has 96 valence electrons. The number of nitrogens with zero attached hydrogens (tertiary/aromatic N) is 2. The minimum absolute atomic E-state index is 0.183. The van der Waals surface area contributed by atoms with Crippen molar-refractivity contribution < 1.29 is 0 Å². The van der Waals surface area contributed by atoms with Crippen LogP contribution in [0.4, 0.5) is 0 Å². The Morgan fingerprint density at radius 1 is 1.17 bits per heavy atom. The second kappa shape index (κ2) is 5.55. The van der Waals surface area contributed by atoms with E-state index in [0.717, 1.165) is 20.2 Å². The van der Waals surface area contributed by atoms with Crippen molar-refractivity contribution in [2.75, 3.05) is 0 Å². The fourth-order valence-electron chi connectivity index (χ4n) is 1.88. The molecule has 0 aliphatic rings. The van der Waals surface area contributed by atoms with E-state index < -0.39 is 0 Å². The van der Waals surface area contributed by atoms with Crippen molar-refractivity contribution in [3.63, 3.8) is 0 Å². The van der Waals surface area contributed by atoms with Crippen molar-refractivity contribution in [2.45, 2.75) is 25.9 Å². The van der Waals surface area contributed by atoms with Gasteiger partial charge in [-0.15, -0.1) is 0 Å². The second-order valence-corrected chi connectivity index (χ2v) is 6.22. The van der Waals surface area contributed by atoms with Gasteiger partial charge in [0.25, 0.3) is 0 Å². The van der Waals surface area contributed by atoms with E-state index in [-0.39, 0.29) is 12.1 Å². The van der Waals surface area contributed by atoms with Gasteiger partial charge in [-0.1, -0.05) is 28.1 Å². The van der Waals surface area contributed by atoms with E-state index in [4.69, 9.17) is 5.73 Å². The zero-order valence-electron chi connectivity index (χ0n) is 10.3. The Morgan fingerprint density at radius 3 is 2.33 bits per heavy atom. The van der Waals surface area contributed by atoms with Crippen molar-refractivity contribution in [2.24, 2.45) is 5.73 Å². The average Bonchev–Trinajstić information content (AvgIpc) is 2.71. The number of nitrogens with two attached hydrogens (primary N) is 1. The molecule has 1 aromatic heterocycles. The Labute approximate surface area is 124 Å². The average molecular weight is 373 g/mol. The molecule has 0 aliphatic carbocycles. The van der Waals surface area contributed by atoms with Gasteiger partial charge in [0.05, 0.1) is 22.4 Å². The Kier molecular flexibility index (Phi) is 4.25. The van der Waals surface area contributed by atoms with Crippen LogP contribution in [0.1, 0.15) is 37.2 Å². The quantitative estimate of drug-likeness (QED) is 0.883. The number of hydrogen-bond donors (Lipinski definition) is 1. The first-order chi connectivity index (χ1) is 8.50. The van der Waals surface area contributed by atoms with Crippen LogP contribution >= 0.6 is 31.9 Å². The molecule has 0 spiro atoms. The molecule has 1 atom stereocenters. The molecule has 0 saturated carbocycles. The standard InChI is InChI=1S/C13H15Br2N3/c1-8(2)18-13(11(15)7-17-18)12(16)9-3-5-10(14)6-4-9/h3-8,12H,16H2,1-2H3. The van der Waals surface area contributed by atoms with Crippen LogP contribution in [0, 0.1) is 0 Å². The number of halogens is 2. The summed E-state index contributed by atoms with van der Waals surface area (Å²) in [6.45, 7) is 4.19. The van der Waals surface area contributed by atoms with Gasteiger partial charge < -0.3 is 5.73 Å². The van der Waals surface area contributed by atoms with Gasteiger partial charge in [0.15, 0.2) is 0 Å². The summed E-state index contributed by atoms with van der Waals surface area (Å²) in [6, 6.07) is 8.15. The topological polar surface area (TPSA) is 43.8 Å². The minimum atomic E-state index is -0.183. The molecule has 18 heavy (non-hydrogen) atoms. The van der Waals surface area contributed by atoms with Gasteiger partial charge in [-0.3, -0.25) is 4.68 Å². The van der Waals surface area contributed by atoms with Crippen LogP contribution in [0.15, 0.2) is 39.4 Å². The first-order valence-electron chi connectivity index (χ1n) is 5.74. The lowest BCUT2D eigenvalue weighted by Gasteiger charge is -2.18. The van der Waals surface area contributed by atoms with E-state index >= 15 is 0 Å². The van der Waals surface area contributed by atoms with Crippen LogP contribution in [-0.4, -0.2) is 9.78 Å². The summed E-state index contributed by atoms with van der Waals surface area (Å²) in [7, 11) is 0. The molecule has 0 amide bonds. The van der Waals surface area contributed by atoms with Crippen LogP contribution < -0.4 is 5.73 Å². The Bertz CT molecular complexity index is 532. The van der Waals surface area contributed by atoms with Gasteiger partial charge in [-0.2, -0.15) is 5.10 Å². The first-order valence-corrected chi connectivity index (χ1v) is 7.33. The number of benzene rings is 1. The highest BCUT2D eigenvalue weighted by Crippen LogP contribution is 2.29. The summed E-state index contributed by atoms with van der Waals surface area (Å²) in [5.41, 5.74) is 8.42. The molecule has 1 aromatic carbocycles. The number of aromatic nitrogens is 2. The fourth-order valence-corrected chi connectivity index (χ4v) is 2.67. The highest BCUT2D eigenvalue weighted by molar-refractivity contribution is 9.10. The molecule has 0 bridgehead atoms. The van der Waals surface area contributed by atoms with E-state index in [2.05, 4.69) is 50.8 Å². The third-order valence-corrected chi connectivity index (χ3v) is 3.94. The van der Waals surface area contributed by atoms with Gasteiger partial charge in [0.2, 0.25) is 0 Å². The van der Waals surface area contributed by atoms with Crippen molar-refractivity contribution in [1.82, 2.24) is 9.78 Å². The molecular formula is C13H15Br2N3. The Hall–Kier alpha value is -0.650. The largest absolute Gasteiger partial charge is 0.319 e. The Balaban J connectivity index is 2.42. The molecule has 5 heteroatoms. The van der Waals surface area contributed by atoms with Gasteiger partial charge >= 0.3 is 0 Å². The summed E-state index contributed by atoms with van der Waals surface area (Å²) in [5, 5.41) is 4.36. The molecule has 1 heterocycles. The highest BCUT2D eigenvalue weighted by Gasteiger charge is 2.19. The molecule has 2 aromatic rings. The van der Waals surface area contributed by atoms with Crippen LogP contribution in [0.5, 0.6) is 0 Å². The van der Waals surface area contributed by atoms with E-state index in [0.29, 0.717) is 0 Å². The summed E-state index contributed by atoms with van der Waals surface area (Å²) in [6.07, 6.45) is 1.80. The minimum Gasteiger partial charge on any atom is -0.319 e. The molecular weight excluding hydrogens is 358 g/mol. The zero-order chi connectivity index (χ0) is 13.3. The summed E-state index contributed by atoms with van der Waals surface area (Å²) >= 11 is 6.95. The molecule has 0 radical (unpaired) electrons. The van der Waals surface area contributed by atoms with Crippen LogP contribution in [0.3, 0.4) is 0 Å². The van der Waals surface area contributed by atoms with Gasteiger partial charge in [-0.05, 0) is 47.5 Å². The lowest BCUT2D eigenvalue weighted by atomic mass is 10.0. The third kappa shape index (κ3) is 2.68. The molecule has 2 N–H and O–H groups in total. The maximum atomic E-state index is 6.34. The predicted molar refractivity (Wildman–Crippen MR) is 80.5 cm³/mol. The van der Waals surface area contributed by atoms with Crippen molar-refractivity contribution in [3.05, 3.63) is 50.7 Å². The summed E-state index contributed by atoms with van der Waals surface area (Å²) in [5.74, 6) is 0. The molecule has 3 nitrogen and oxygen atoms in total. The normalized spacial score (nSPS) is 13.0.